The quantitative estimate of drug-likeness (QED) is 0.824. The van der Waals surface area contributed by atoms with Gasteiger partial charge in [-0.25, -0.2) is 0 Å². The van der Waals surface area contributed by atoms with Crippen molar-refractivity contribution in [1.29, 1.82) is 0 Å². The Hall–Kier alpha value is -0.800. The van der Waals surface area contributed by atoms with Crippen molar-refractivity contribution < 1.29 is 0 Å². The van der Waals surface area contributed by atoms with E-state index in [-0.39, 0.29) is 0 Å². The third-order valence-electron chi connectivity index (χ3n) is 3.54. The highest BCUT2D eigenvalue weighted by atomic mass is 35.5. The van der Waals surface area contributed by atoms with E-state index < -0.39 is 0 Å². The first-order valence-corrected chi connectivity index (χ1v) is 7.21. The summed E-state index contributed by atoms with van der Waals surface area (Å²) in [5, 5.41) is 4.17. The van der Waals surface area contributed by atoms with Gasteiger partial charge in [0.25, 0.3) is 0 Å². The van der Waals surface area contributed by atoms with E-state index in [1.54, 1.807) is 0 Å². The molecular formula is C14H19ClN2S. The third kappa shape index (κ3) is 3.36. The summed E-state index contributed by atoms with van der Waals surface area (Å²) >= 11 is 11.1. The molecule has 98 valence electrons. The van der Waals surface area contributed by atoms with Crippen LogP contribution in [-0.2, 0) is 0 Å². The lowest BCUT2D eigenvalue weighted by Gasteiger charge is -2.28. The Morgan fingerprint density at radius 2 is 2.22 bits per heavy atom. The Labute approximate surface area is 119 Å². The molecule has 0 amide bonds. The van der Waals surface area contributed by atoms with Crippen molar-refractivity contribution in [2.24, 2.45) is 11.7 Å². The molecule has 0 heterocycles. The fraction of sp³-hybridized carbons (Fsp3) is 0.500. The molecule has 3 N–H and O–H groups in total. The van der Waals surface area contributed by atoms with Crippen LogP contribution in [0.3, 0.4) is 0 Å². The molecule has 2 nitrogen and oxygen atoms in total. The van der Waals surface area contributed by atoms with Crippen molar-refractivity contribution in [2.45, 2.75) is 38.6 Å². The predicted molar refractivity (Wildman–Crippen MR) is 82.4 cm³/mol. The van der Waals surface area contributed by atoms with E-state index in [0.29, 0.717) is 16.1 Å². The van der Waals surface area contributed by atoms with Gasteiger partial charge in [-0.3, -0.25) is 0 Å². The fourth-order valence-electron chi connectivity index (χ4n) is 2.61. The maximum atomic E-state index is 6.16. The number of halogens is 1. The molecule has 4 heteroatoms. The van der Waals surface area contributed by atoms with Crippen LogP contribution in [0.2, 0.25) is 5.02 Å². The van der Waals surface area contributed by atoms with Gasteiger partial charge < -0.3 is 11.1 Å². The minimum absolute atomic E-state index is 0.345. The van der Waals surface area contributed by atoms with Crippen LogP contribution in [0.5, 0.6) is 0 Å². The zero-order valence-electron chi connectivity index (χ0n) is 10.6. The van der Waals surface area contributed by atoms with Crippen molar-refractivity contribution in [2.75, 3.05) is 5.32 Å². The SMILES string of the molecule is CC1CCCC(Nc2ccc(C(N)=S)c(Cl)c2)C1. The number of anilines is 1. The average molecular weight is 283 g/mol. The summed E-state index contributed by atoms with van der Waals surface area (Å²) in [5.41, 5.74) is 7.39. The topological polar surface area (TPSA) is 38.0 Å². The van der Waals surface area contributed by atoms with Gasteiger partial charge in [-0.05, 0) is 37.0 Å². The van der Waals surface area contributed by atoms with Crippen molar-refractivity contribution >= 4 is 34.5 Å². The highest BCUT2D eigenvalue weighted by Crippen LogP contribution is 2.28. The molecular weight excluding hydrogens is 264 g/mol. The predicted octanol–water partition coefficient (Wildman–Crippen LogP) is 3.96. The van der Waals surface area contributed by atoms with Gasteiger partial charge in [-0.15, -0.1) is 0 Å². The van der Waals surface area contributed by atoms with E-state index in [1.165, 1.54) is 25.7 Å². The van der Waals surface area contributed by atoms with Crippen LogP contribution < -0.4 is 11.1 Å². The highest BCUT2D eigenvalue weighted by molar-refractivity contribution is 7.80. The van der Waals surface area contributed by atoms with Crippen molar-refractivity contribution in [3.63, 3.8) is 0 Å². The maximum Gasteiger partial charge on any atom is 0.105 e. The van der Waals surface area contributed by atoms with Crippen LogP contribution in [0.1, 0.15) is 38.2 Å². The van der Waals surface area contributed by atoms with Gasteiger partial charge in [0.1, 0.15) is 4.99 Å². The van der Waals surface area contributed by atoms with Gasteiger partial charge in [0.05, 0.1) is 5.02 Å². The molecule has 1 aromatic rings. The largest absolute Gasteiger partial charge is 0.389 e. The normalized spacial score (nSPS) is 23.7. The molecule has 1 saturated carbocycles. The van der Waals surface area contributed by atoms with Gasteiger partial charge >= 0.3 is 0 Å². The number of nitrogens with two attached hydrogens (primary N) is 1. The van der Waals surface area contributed by atoms with Crippen LogP contribution >= 0.6 is 23.8 Å². The van der Waals surface area contributed by atoms with Gasteiger partial charge in [0, 0.05) is 17.3 Å². The van der Waals surface area contributed by atoms with Crippen LogP contribution in [0, 0.1) is 5.92 Å². The Kier molecular flexibility index (Phi) is 4.46. The van der Waals surface area contributed by atoms with Gasteiger partial charge in [0.2, 0.25) is 0 Å². The lowest BCUT2D eigenvalue weighted by molar-refractivity contribution is 0.358. The van der Waals surface area contributed by atoms with E-state index >= 15 is 0 Å². The van der Waals surface area contributed by atoms with Gasteiger partial charge in [-0.1, -0.05) is 43.6 Å². The Bertz CT molecular complexity index is 447. The summed E-state index contributed by atoms with van der Waals surface area (Å²) < 4.78 is 0. The molecule has 2 unspecified atom stereocenters. The molecule has 0 saturated heterocycles. The zero-order chi connectivity index (χ0) is 13.1. The molecule has 2 atom stereocenters. The Balaban J connectivity index is 2.05. The third-order valence-corrected chi connectivity index (χ3v) is 4.07. The first kappa shape index (κ1) is 13.6. The monoisotopic (exact) mass is 282 g/mol. The number of hydrogen-bond acceptors (Lipinski definition) is 2. The Morgan fingerprint density at radius 1 is 1.44 bits per heavy atom. The Morgan fingerprint density at radius 3 is 2.83 bits per heavy atom. The summed E-state index contributed by atoms with van der Waals surface area (Å²) in [6, 6.07) is 6.36. The standard InChI is InChI=1S/C14H19ClN2S/c1-9-3-2-4-10(7-9)17-11-5-6-12(14(16)18)13(15)8-11/h5-6,8-10,17H,2-4,7H2,1H3,(H2,16,18). The first-order valence-electron chi connectivity index (χ1n) is 6.42. The number of hydrogen-bond donors (Lipinski definition) is 2. The van der Waals surface area contributed by atoms with Crippen molar-refractivity contribution in [3.8, 4) is 0 Å². The van der Waals surface area contributed by atoms with E-state index in [4.69, 9.17) is 29.6 Å². The number of nitrogens with one attached hydrogen (secondary N) is 1. The molecule has 2 rings (SSSR count). The van der Waals surface area contributed by atoms with Crippen LogP contribution in [0.25, 0.3) is 0 Å². The maximum absolute atomic E-state index is 6.16. The lowest BCUT2D eigenvalue weighted by Crippen LogP contribution is -2.26. The number of thiocarbonyl (C=S) groups is 1. The number of benzene rings is 1. The fourth-order valence-corrected chi connectivity index (χ4v) is 3.12. The molecule has 0 aromatic heterocycles. The zero-order valence-corrected chi connectivity index (χ0v) is 12.2. The number of rotatable bonds is 3. The van der Waals surface area contributed by atoms with Crippen LogP contribution in [-0.4, -0.2) is 11.0 Å². The van der Waals surface area contributed by atoms with E-state index in [9.17, 15) is 0 Å². The second-order valence-electron chi connectivity index (χ2n) is 5.17. The van der Waals surface area contributed by atoms with E-state index in [0.717, 1.165) is 17.2 Å². The molecule has 1 aliphatic carbocycles. The van der Waals surface area contributed by atoms with Crippen LogP contribution in [0.15, 0.2) is 18.2 Å². The van der Waals surface area contributed by atoms with E-state index in [1.807, 2.05) is 18.2 Å². The molecule has 1 aromatic carbocycles. The average Bonchev–Trinajstić information content (AvgIpc) is 2.28. The minimum atomic E-state index is 0.345. The summed E-state index contributed by atoms with van der Waals surface area (Å²) in [6.45, 7) is 2.32. The molecule has 1 fully saturated rings. The molecule has 18 heavy (non-hydrogen) atoms. The summed E-state index contributed by atoms with van der Waals surface area (Å²) in [4.78, 5) is 0.345. The molecule has 0 radical (unpaired) electrons. The van der Waals surface area contributed by atoms with Gasteiger partial charge in [0.15, 0.2) is 0 Å². The first-order chi connectivity index (χ1) is 8.56. The summed E-state index contributed by atoms with van der Waals surface area (Å²) in [7, 11) is 0. The molecule has 0 aliphatic heterocycles. The van der Waals surface area contributed by atoms with Crippen molar-refractivity contribution in [3.05, 3.63) is 28.8 Å². The van der Waals surface area contributed by atoms with E-state index in [2.05, 4.69) is 12.2 Å². The highest BCUT2D eigenvalue weighted by Gasteiger charge is 2.18. The molecule has 0 spiro atoms. The summed E-state index contributed by atoms with van der Waals surface area (Å²) in [6.07, 6.45) is 5.12. The van der Waals surface area contributed by atoms with Gasteiger partial charge in [-0.2, -0.15) is 0 Å². The second kappa shape index (κ2) is 5.89. The smallest absolute Gasteiger partial charge is 0.105 e. The summed E-state index contributed by atoms with van der Waals surface area (Å²) in [5.74, 6) is 0.808. The minimum Gasteiger partial charge on any atom is -0.389 e. The second-order valence-corrected chi connectivity index (χ2v) is 6.02. The van der Waals surface area contributed by atoms with Crippen LogP contribution in [0.4, 0.5) is 5.69 Å². The molecule has 1 aliphatic rings. The lowest BCUT2D eigenvalue weighted by atomic mass is 9.87. The molecule has 0 bridgehead atoms. The van der Waals surface area contributed by atoms with Crippen molar-refractivity contribution in [1.82, 2.24) is 0 Å².